The van der Waals surface area contributed by atoms with E-state index in [0.29, 0.717) is 11.8 Å². The maximum Gasteiger partial charge on any atom is 0.135 e. The summed E-state index contributed by atoms with van der Waals surface area (Å²) >= 11 is 0. The number of nitrogens with zero attached hydrogens (tertiary/aromatic N) is 2. The van der Waals surface area contributed by atoms with Crippen LogP contribution in [0.25, 0.3) is 0 Å². The van der Waals surface area contributed by atoms with Crippen LogP contribution < -0.4 is 10.6 Å². The minimum absolute atomic E-state index is 0.0606. The van der Waals surface area contributed by atoms with Crippen molar-refractivity contribution in [2.75, 3.05) is 10.6 Å². The molecule has 0 bridgehead atoms. The van der Waals surface area contributed by atoms with Gasteiger partial charge >= 0.3 is 0 Å². The van der Waals surface area contributed by atoms with Crippen LogP contribution in [0.3, 0.4) is 0 Å². The van der Waals surface area contributed by atoms with Gasteiger partial charge in [-0.3, -0.25) is 0 Å². The van der Waals surface area contributed by atoms with Crippen molar-refractivity contribution in [2.45, 2.75) is 34.1 Å². The van der Waals surface area contributed by atoms with Crippen LogP contribution >= 0.6 is 0 Å². The first-order valence-corrected chi connectivity index (χ1v) is 9.24. The van der Waals surface area contributed by atoms with E-state index in [4.69, 9.17) is 0 Å². The molecule has 1 unspecified atom stereocenters. The molecule has 0 aromatic carbocycles. The number of allylic oxidation sites excluding steroid dienone is 8. The van der Waals surface area contributed by atoms with Crippen LogP contribution in [0.15, 0.2) is 72.4 Å². The zero-order valence-corrected chi connectivity index (χ0v) is 16.0. The summed E-state index contributed by atoms with van der Waals surface area (Å²) in [5, 5.41) is 6.76. The first kappa shape index (κ1) is 18.2. The molecule has 1 aromatic heterocycles. The van der Waals surface area contributed by atoms with Crippen LogP contribution in [0.5, 0.6) is 0 Å². The molecule has 0 aliphatic heterocycles. The molecule has 0 radical (unpaired) electrons. The van der Waals surface area contributed by atoms with Crippen molar-refractivity contribution in [2.24, 2.45) is 17.3 Å². The maximum absolute atomic E-state index is 4.35. The standard InChI is InChI=1S/C22H28N4/c1-16(2)17-7-5-8-19(13-17)26-21-14-20(23-15-24-21)25-18-9-6-11-22(3,4)12-10-18/h5-6,8-17H,7H2,1-4H3,(H2,23,24,25,26). The molecule has 0 fully saturated rings. The molecule has 4 heteroatoms. The van der Waals surface area contributed by atoms with E-state index in [2.05, 4.69) is 96.9 Å². The zero-order chi connectivity index (χ0) is 18.6. The Hall–Kier alpha value is -2.62. The van der Waals surface area contributed by atoms with Gasteiger partial charge in [-0.25, -0.2) is 9.97 Å². The topological polar surface area (TPSA) is 49.8 Å². The Morgan fingerprint density at radius 2 is 1.77 bits per heavy atom. The molecule has 4 nitrogen and oxygen atoms in total. The summed E-state index contributed by atoms with van der Waals surface area (Å²) in [5.74, 6) is 2.76. The number of hydrogen-bond donors (Lipinski definition) is 2. The second-order valence-corrected chi connectivity index (χ2v) is 7.84. The molecule has 3 rings (SSSR count). The molecule has 2 aliphatic carbocycles. The van der Waals surface area contributed by atoms with Gasteiger partial charge in [0.2, 0.25) is 0 Å². The van der Waals surface area contributed by atoms with E-state index >= 15 is 0 Å². The molecular formula is C22H28N4. The summed E-state index contributed by atoms with van der Waals surface area (Å²) in [6, 6.07) is 1.93. The van der Waals surface area contributed by atoms with Crippen LogP contribution in [-0.4, -0.2) is 9.97 Å². The van der Waals surface area contributed by atoms with Gasteiger partial charge in [-0.15, -0.1) is 0 Å². The van der Waals surface area contributed by atoms with E-state index in [9.17, 15) is 0 Å². The van der Waals surface area contributed by atoms with E-state index in [-0.39, 0.29) is 5.41 Å². The summed E-state index contributed by atoms with van der Waals surface area (Å²) < 4.78 is 0. The van der Waals surface area contributed by atoms with Gasteiger partial charge in [0.15, 0.2) is 0 Å². The normalized spacial score (nSPS) is 21.2. The van der Waals surface area contributed by atoms with Crippen molar-refractivity contribution in [1.82, 2.24) is 9.97 Å². The summed E-state index contributed by atoms with van der Waals surface area (Å²) in [6.45, 7) is 8.88. The van der Waals surface area contributed by atoms with Crippen LogP contribution in [0.4, 0.5) is 11.6 Å². The Morgan fingerprint density at radius 3 is 2.50 bits per heavy atom. The third kappa shape index (κ3) is 4.94. The molecule has 136 valence electrons. The van der Waals surface area contributed by atoms with Crippen molar-refractivity contribution >= 4 is 11.6 Å². The van der Waals surface area contributed by atoms with Gasteiger partial charge in [0, 0.05) is 22.9 Å². The van der Waals surface area contributed by atoms with Gasteiger partial charge in [0.05, 0.1) is 0 Å². The first-order valence-electron chi connectivity index (χ1n) is 9.24. The molecule has 0 amide bonds. The van der Waals surface area contributed by atoms with E-state index in [0.717, 1.165) is 29.5 Å². The van der Waals surface area contributed by atoms with Crippen molar-refractivity contribution in [1.29, 1.82) is 0 Å². The van der Waals surface area contributed by atoms with Gasteiger partial charge in [-0.2, -0.15) is 0 Å². The summed E-state index contributed by atoms with van der Waals surface area (Å²) in [4.78, 5) is 8.69. The lowest BCUT2D eigenvalue weighted by Crippen LogP contribution is -2.11. The Labute approximate surface area is 156 Å². The summed E-state index contributed by atoms with van der Waals surface area (Å²) in [5.41, 5.74) is 2.16. The minimum Gasteiger partial charge on any atom is -0.340 e. The quantitative estimate of drug-likeness (QED) is 0.742. The fraction of sp³-hybridized carbons (Fsp3) is 0.364. The third-order valence-electron chi connectivity index (χ3n) is 4.66. The molecule has 26 heavy (non-hydrogen) atoms. The molecule has 0 saturated heterocycles. The average Bonchev–Trinajstić information content (AvgIpc) is 2.76. The van der Waals surface area contributed by atoms with E-state index in [1.807, 2.05) is 6.07 Å². The van der Waals surface area contributed by atoms with Gasteiger partial charge in [0.25, 0.3) is 0 Å². The molecule has 2 aliphatic rings. The lowest BCUT2D eigenvalue weighted by atomic mass is 9.89. The Balaban J connectivity index is 1.70. The largest absolute Gasteiger partial charge is 0.340 e. The van der Waals surface area contributed by atoms with E-state index in [1.165, 1.54) is 0 Å². The first-order chi connectivity index (χ1) is 12.4. The van der Waals surface area contributed by atoms with E-state index in [1.54, 1.807) is 6.33 Å². The van der Waals surface area contributed by atoms with Crippen LogP contribution in [-0.2, 0) is 0 Å². The molecule has 1 aromatic rings. The SMILES string of the molecule is CC(C)C1C=C(Nc2cc(NC3=CC=CC(C)(C)C=C3)ncn2)C=CC1. The van der Waals surface area contributed by atoms with E-state index < -0.39 is 0 Å². The highest BCUT2D eigenvalue weighted by Gasteiger charge is 2.14. The third-order valence-corrected chi connectivity index (χ3v) is 4.66. The second kappa shape index (κ2) is 7.73. The number of aromatic nitrogens is 2. The highest BCUT2D eigenvalue weighted by atomic mass is 15.1. The monoisotopic (exact) mass is 348 g/mol. The zero-order valence-electron chi connectivity index (χ0n) is 16.0. The lowest BCUT2D eigenvalue weighted by Gasteiger charge is -2.20. The predicted molar refractivity (Wildman–Crippen MR) is 110 cm³/mol. The lowest BCUT2D eigenvalue weighted by molar-refractivity contribution is 0.465. The molecular weight excluding hydrogens is 320 g/mol. The fourth-order valence-electron chi connectivity index (χ4n) is 2.94. The van der Waals surface area contributed by atoms with Gasteiger partial charge < -0.3 is 10.6 Å². The van der Waals surface area contributed by atoms with Crippen molar-refractivity contribution in [3.63, 3.8) is 0 Å². The Kier molecular flexibility index (Phi) is 5.40. The predicted octanol–water partition coefficient (Wildman–Crippen LogP) is 5.45. The van der Waals surface area contributed by atoms with Gasteiger partial charge in [0.1, 0.15) is 18.0 Å². The number of anilines is 2. The van der Waals surface area contributed by atoms with Crippen molar-refractivity contribution < 1.29 is 0 Å². The molecule has 1 heterocycles. The van der Waals surface area contributed by atoms with Gasteiger partial charge in [-0.1, -0.05) is 58.1 Å². The average molecular weight is 348 g/mol. The molecule has 1 atom stereocenters. The highest BCUT2D eigenvalue weighted by Crippen LogP contribution is 2.25. The van der Waals surface area contributed by atoms with Crippen LogP contribution in [0, 0.1) is 17.3 Å². The number of nitrogens with one attached hydrogen (secondary N) is 2. The van der Waals surface area contributed by atoms with Gasteiger partial charge in [-0.05, 0) is 36.5 Å². The summed E-state index contributed by atoms with van der Waals surface area (Å²) in [6.07, 6.45) is 19.9. The number of hydrogen-bond acceptors (Lipinski definition) is 4. The molecule has 0 spiro atoms. The Morgan fingerprint density at radius 1 is 1.04 bits per heavy atom. The number of rotatable bonds is 5. The molecule has 2 N–H and O–H groups in total. The van der Waals surface area contributed by atoms with Crippen molar-refractivity contribution in [3.05, 3.63) is 72.4 Å². The minimum atomic E-state index is 0.0606. The highest BCUT2D eigenvalue weighted by molar-refractivity contribution is 5.55. The smallest absolute Gasteiger partial charge is 0.135 e. The fourth-order valence-corrected chi connectivity index (χ4v) is 2.94. The maximum atomic E-state index is 4.35. The molecule has 0 saturated carbocycles. The Bertz CT molecular complexity index is 794. The summed E-state index contributed by atoms with van der Waals surface area (Å²) in [7, 11) is 0. The van der Waals surface area contributed by atoms with Crippen molar-refractivity contribution in [3.8, 4) is 0 Å². The van der Waals surface area contributed by atoms with Crippen LogP contribution in [0.1, 0.15) is 34.1 Å². The van der Waals surface area contributed by atoms with Crippen LogP contribution in [0.2, 0.25) is 0 Å². The second-order valence-electron chi connectivity index (χ2n) is 7.84.